The van der Waals surface area contributed by atoms with Crippen LogP contribution in [0.3, 0.4) is 0 Å². The fraction of sp³-hybridized carbons (Fsp3) is 0.786. The summed E-state index contributed by atoms with van der Waals surface area (Å²) >= 11 is 0. The standard InChI is InChI=1S/C14H26N4O/c1-3-18-12-14(11-16-18)13(2)15-5-4-6-17-7-9-19-10-8-17/h11-13,15H,3-10H2,1-2H3. The van der Waals surface area contributed by atoms with Crippen LogP contribution in [0.1, 0.15) is 31.9 Å². The van der Waals surface area contributed by atoms with Crippen molar-refractivity contribution in [1.29, 1.82) is 0 Å². The number of hydrogen-bond acceptors (Lipinski definition) is 4. The number of ether oxygens (including phenoxy) is 1. The van der Waals surface area contributed by atoms with E-state index in [0.717, 1.165) is 45.9 Å². The average Bonchev–Trinajstić information content (AvgIpc) is 2.93. The van der Waals surface area contributed by atoms with Crippen LogP contribution in [0, 0.1) is 0 Å². The molecule has 0 radical (unpaired) electrons. The lowest BCUT2D eigenvalue weighted by Crippen LogP contribution is -2.37. The molecule has 1 fully saturated rings. The van der Waals surface area contributed by atoms with E-state index in [9.17, 15) is 0 Å². The second-order valence-electron chi connectivity index (χ2n) is 5.11. The smallest absolute Gasteiger partial charge is 0.0594 e. The summed E-state index contributed by atoms with van der Waals surface area (Å²) in [5.41, 5.74) is 1.27. The normalized spacial score (nSPS) is 18.6. The maximum Gasteiger partial charge on any atom is 0.0594 e. The number of hydrogen-bond donors (Lipinski definition) is 1. The molecule has 2 rings (SSSR count). The minimum absolute atomic E-state index is 0.380. The molecule has 1 aliphatic heterocycles. The van der Waals surface area contributed by atoms with E-state index in [-0.39, 0.29) is 0 Å². The lowest BCUT2D eigenvalue weighted by atomic mass is 10.2. The van der Waals surface area contributed by atoms with Gasteiger partial charge in [-0.1, -0.05) is 0 Å². The molecule has 1 atom stereocenters. The van der Waals surface area contributed by atoms with Gasteiger partial charge in [-0.3, -0.25) is 9.58 Å². The zero-order chi connectivity index (χ0) is 13.5. The molecule has 108 valence electrons. The molecule has 5 nitrogen and oxygen atoms in total. The molecule has 0 bridgehead atoms. The molecule has 1 unspecified atom stereocenters. The van der Waals surface area contributed by atoms with Crippen molar-refractivity contribution in [3.8, 4) is 0 Å². The van der Waals surface area contributed by atoms with Crippen LogP contribution in [0.15, 0.2) is 12.4 Å². The van der Waals surface area contributed by atoms with Crippen molar-refractivity contribution in [3.63, 3.8) is 0 Å². The molecule has 1 aromatic heterocycles. The van der Waals surface area contributed by atoms with Crippen molar-refractivity contribution in [2.75, 3.05) is 39.4 Å². The first-order valence-corrected chi connectivity index (χ1v) is 7.35. The average molecular weight is 266 g/mol. The first-order chi connectivity index (χ1) is 9.29. The monoisotopic (exact) mass is 266 g/mol. The molecule has 0 aliphatic carbocycles. The predicted octanol–water partition coefficient (Wildman–Crippen LogP) is 1.28. The van der Waals surface area contributed by atoms with E-state index in [1.54, 1.807) is 0 Å². The summed E-state index contributed by atoms with van der Waals surface area (Å²) < 4.78 is 7.32. The summed E-state index contributed by atoms with van der Waals surface area (Å²) in [4.78, 5) is 2.48. The fourth-order valence-corrected chi connectivity index (χ4v) is 2.34. The number of nitrogens with one attached hydrogen (secondary N) is 1. The number of aromatic nitrogens is 2. The predicted molar refractivity (Wildman–Crippen MR) is 76.2 cm³/mol. The maximum absolute atomic E-state index is 5.35. The third-order valence-corrected chi connectivity index (χ3v) is 3.68. The third kappa shape index (κ3) is 4.60. The first kappa shape index (κ1) is 14.5. The van der Waals surface area contributed by atoms with E-state index < -0.39 is 0 Å². The summed E-state index contributed by atoms with van der Waals surface area (Å²) in [6.07, 6.45) is 5.27. The Morgan fingerprint density at radius 3 is 2.89 bits per heavy atom. The van der Waals surface area contributed by atoms with Crippen molar-refractivity contribution < 1.29 is 4.74 Å². The molecule has 0 aromatic carbocycles. The van der Waals surface area contributed by atoms with E-state index >= 15 is 0 Å². The number of morpholine rings is 1. The van der Waals surface area contributed by atoms with Gasteiger partial charge < -0.3 is 10.1 Å². The van der Waals surface area contributed by atoms with Gasteiger partial charge >= 0.3 is 0 Å². The SMILES string of the molecule is CCn1cc(C(C)NCCCN2CCOCC2)cn1. The lowest BCUT2D eigenvalue weighted by Gasteiger charge is -2.26. The number of aryl methyl sites for hydroxylation is 1. The number of rotatable bonds is 7. The Hall–Kier alpha value is -0.910. The summed E-state index contributed by atoms with van der Waals surface area (Å²) in [6, 6.07) is 0.380. The molecular formula is C14H26N4O. The van der Waals surface area contributed by atoms with Gasteiger partial charge in [-0.15, -0.1) is 0 Å². The van der Waals surface area contributed by atoms with Gasteiger partial charge in [0.15, 0.2) is 0 Å². The Morgan fingerprint density at radius 1 is 1.42 bits per heavy atom. The summed E-state index contributed by atoms with van der Waals surface area (Å²) in [6.45, 7) is 11.4. The molecule has 1 aromatic rings. The van der Waals surface area contributed by atoms with Crippen molar-refractivity contribution in [3.05, 3.63) is 18.0 Å². The summed E-state index contributed by atoms with van der Waals surface area (Å²) in [5.74, 6) is 0. The minimum atomic E-state index is 0.380. The van der Waals surface area contributed by atoms with E-state index in [2.05, 4.69) is 35.4 Å². The largest absolute Gasteiger partial charge is 0.379 e. The van der Waals surface area contributed by atoms with Crippen molar-refractivity contribution in [2.45, 2.75) is 32.9 Å². The fourth-order valence-electron chi connectivity index (χ4n) is 2.34. The van der Waals surface area contributed by atoms with Crippen LogP contribution in [0.5, 0.6) is 0 Å². The Labute approximate surface area is 115 Å². The van der Waals surface area contributed by atoms with Gasteiger partial charge in [0.1, 0.15) is 0 Å². The Morgan fingerprint density at radius 2 is 2.21 bits per heavy atom. The second kappa shape index (κ2) is 7.62. The maximum atomic E-state index is 5.35. The topological polar surface area (TPSA) is 42.3 Å². The van der Waals surface area contributed by atoms with Crippen LogP contribution in [0.25, 0.3) is 0 Å². The Kier molecular flexibility index (Phi) is 5.82. The van der Waals surface area contributed by atoms with E-state index in [1.807, 2.05) is 10.9 Å². The molecule has 0 spiro atoms. The van der Waals surface area contributed by atoms with Crippen LogP contribution in [-0.2, 0) is 11.3 Å². The van der Waals surface area contributed by atoms with Gasteiger partial charge in [-0.25, -0.2) is 0 Å². The van der Waals surface area contributed by atoms with Crippen LogP contribution in [-0.4, -0.2) is 54.1 Å². The van der Waals surface area contributed by atoms with E-state index in [0.29, 0.717) is 6.04 Å². The zero-order valence-corrected chi connectivity index (χ0v) is 12.1. The first-order valence-electron chi connectivity index (χ1n) is 7.35. The summed E-state index contributed by atoms with van der Waals surface area (Å²) in [7, 11) is 0. The van der Waals surface area contributed by atoms with Gasteiger partial charge in [0.25, 0.3) is 0 Å². The second-order valence-corrected chi connectivity index (χ2v) is 5.11. The number of nitrogens with zero attached hydrogens (tertiary/aromatic N) is 3. The molecule has 2 heterocycles. The highest BCUT2D eigenvalue weighted by molar-refractivity contribution is 5.08. The molecule has 19 heavy (non-hydrogen) atoms. The summed E-state index contributed by atoms with van der Waals surface area (Å²) in [5, 5.41) is 7.88. The quantitative estimate of drug-likeness (QED) is 0.755. The van der Waals surface area contributed by atoms with Gasteiger partial charge in [0, 0.05) is 37.4 Å². The molecule has 5 heteroatoms. The van der Waals surface area contributed by atoms with Crippen molar-refractivity contribution in [2.24, 2.45) is 0 Å². The van der Waals surface area contributed by atoms with Crippen LogP contribution < -0.4 is 5.32 Å². The van der Waals surface area contributed by atoms with Crippen LogP contribution in [0.2, 0.25) is 0 Å². The molecule has 0 amide bonds. The molecule has 1 aliphatic rings. The Bertz CT molecular complexity index is 360. The molecule has 1 N–H and O–H groups in total. The van der Waals surface area contributed by atoms with Crippen LogP contribution in [0.4, 0.5) is 0 Å². The highest BCUT2D eigenvalue weighted by atomic mass is 16.5. The van der Waals surface area contributed by atoms with Gasteiger partial charge in [0.2, 0.25) is 0 Å². The highest BCUT2D eigenvalue weighted by Crippen LogP contribution is 2.10. The van der Waals surface area contributed by atoms with Gasteiger partial charge in [-0.2, -0.15) is 5.10 Å². The van der Waals surface area contributed by atoms with Gasteiger partial charge in [0.05, 0.1) is 19.4 Å². The molecule has 0 saturated carbocycles. The minimum Gasteiger partial charge on any atom is -0.379 e. The van der Waals surface area contributed by atoms with Gasteiger partial charge in [-0.05, 0) is 33.4 Å². The highest BCUT2D eigenvalue weighted by Gasteiger charge is 2.10. The van der Waals surface area contributed by atoms with E-state index in [1.165, 1.54) is 12.0 Å². The Balaban J connectivity index is 1.61. The molecule has 1 saturated heterocycles. The lowest BCUT2D eigenvalue weighted by molar-refractivity contribution is 0.0374. The zero-order valence-electron chi connectivity index (χ0n) is 12.1. The van der Waals surface area contributed by atoms with E-state index in [4.69, 9.17) is 4.74 Å². The van der Waals surface area contributed by atoms with Crippen molar-refractivity contribution >= 4 is 0 Å². The van der Waals surface area contributed by atoms with Crippen molar-refractivity contribution in [1.82, 2.24) is 20.0 Å². The van der Waals surface area contributed by atoms with Crippen LogP contribution >= 0.6 is 0 Å². The third-order valence-electron chi connectivity index (χ3n) is 3.68. The molecular weight excluding hydrogens is 240 g/mol.